The Morgan fingerprint density at radius 3 is 2.33 bits per heavy atom. The minimum absolute atomic E-state index is 0.117. The molecule has 2 heteroatoms. The van der Waals surface area contributed by atoms with Crippen LogP contribution in [0.2, 0.25) is 0 Å². The van der Waals surface area contributed by atoms with Crippen molar-refractivity contribution < 1.29 is 4.39 Å². The van der Waals surface area contributed by atoms with E-state index in [4.69, 9.17) is 0 Å². The molecule has 0 aliphatic carbocycles. The van der Waals surface area contributed by atoms with Crippen molar-refractivity contribution in [1.29, 1.82) is 0 Å². The molecule has 2 aromatic carbocycles. The molecule has 0 N–H and O–H groups in total. The number of halogens is 1. The molecule has 1 fully saturated rings. The van der Waals surface area contributed by atoms with Crippen molar-refractivity contribution >= 4 is 0 Å². The Morgan fingerprint density at radius 1 is 0.905 bits per heavy atom. The molecule has 1 nitrogen and oxygen atoms in total. The number of likely N-dealkylation sites (tertiary alicyclic amines) is 1. The summed E-state index contributed by atoms with van der Waals surface area (Å²) in [5.74, 6) is 0.577. The van der Waals surface area contributed by atoms with E-state index in [9.17, 15) is 4.39 Å². The second-order valence-electron chi connectivity index (χ2n) is 6.04. The number of benzene rings is 2. The molecule has 1 heterocycles. The summed E-state index contributed by atoms with van der Waals surface area (Å²) in [5.41, 5.74) is 2.53. The Kier molecular flexibility index (Phi) is 4.66. The van der Waals surface area contributed by atoms with Crippen molar-refractivity contribution in [3.8, 4) is 0 Å². The maximum atomic E-state index is 13.2. The third kappa shape index (κ3) is 4.15. The normalized spacial score (nSPS) is 17.0. The Bertz CT molecular complexity index is 559. The van der Waals surface area contributed by atoms with Gasteiger partial charge in [-0.15, -0.1) is 0 Å². The highest BCUT2D eigenvalue weighted by Crippen LogP contribution is 2.23. The van der Waals surface area contributed by atoms with Gasteiger partial charge in [-0.2, -0.15) is 0 Å². The van der Waals surface area contributed by atoms with Crippen molar-refractivity contribution in [3.05, 3.63) is 71.5 Å². The van der Waals surface area contributed by atoms with Crippen molar-refractivity contribution in [2.75, 3.05) is 13.1 Å². The fraction of sp³-hybridized carbons (Fsp3) is 0.368. The molecule has 0 bridgehead atoms. The first-order valence-electron chi connectivity index (χ1n) is 7.80. The molecule has 0 aromatic heterocycles. The highest BCUT2D eigenvalue weighted by Gasteiger charge is 2.19. The lowest BCUT2D eigenvalue weighted by atomic mass is 9.90. The lowest BCUT2D eigenvalue weighted by Crippen LogP contribution is -2.33. The second kappa shape index (κ2) is 6.86. The zero-order valence-electron chi connectivity index (χ0n) is 12.3. The van der Waals surface area contributed by atoms with Gasteiger partial charge in [-0.25, -0.2) is 4.39 Å². The molecule has 0 spiro atoms. The van der Waals surface area contributed by atoms with Crippen LogP contribution in [0.5, 0.6) is 0 Å². The van der Waals surface area contributed by atoms with Gasteiger partial charge in [0.2, 0.25) is 0 Å². The van der Waals surface area contributed by atoms with Crippen LogP contribution in [0.1, 0.15) is 24.0 Å². The van der Waals surface area contributed by atoms with Crippen LogP contribution in [0.3, 0.4) is 0 Å². The van der Waals surface area contributed by atoms with Gasteiger partial charge in [0.05, 0.1) is 0 Å². The van der Waals surface area contributed by atoms with Gasteiger partial charge in [-0.1, -0.05) is 42.5 Å². The zero-order chi connectivity index (χ0) is 14.5. The van der Waals surface area contributed by atoms with Crippen molar-refractivity contribution in [2.45, 2.75) is 25.8 Å². The molecule has 0 unspecified atom stereocenters. The van der Waals surface area contributed by atoms with E-state index >= 15 is 0 Å². The number of nitrogens with zero attached hydrogens (tertiary/aromatic N) is 1. The van der Waals surface area contributed by atoms with Crippen LogP contribution in [0.25, 0.3) is 0 Å². The summed E-state index contributed by atoms with van der Waals surface area (Å²) in [6.07, 6.45) is 3.43. The van der Waals surface area contributed by atoms with Gasteiger partial charge >= 0.3 is 0 Å². The maximum Gasteiger partial charge on any atom is 0.123 e. The topological polar surface area (TPSA) is 3.24 Å². The maximum absolute atomic E-state index is 13.2. The molecule has 0 saturated carbocycles. The van der Waals surface area contributed by atoms with Crippen LogP contribution in [0.15, 0.2) is 54.6 Å². The van der Waals surface area contributed by atoms with Gasteiger partial charge in [0, 0.05) is 6.54 Å². The first-order chi connectivity index (χ1) is 10.3. The quantitative estimate of drug-likeness (QED) is 0.809. The fourth-order valence-corrected chi connectivity index (χ4v) is 3.19. The molecule has 1 aliphatic heterocycles. The van der Waals surface area contributed by atoms with Gasteiger partial charge in [0.25, 0.3) is 0 Å². The molecule has 0 atom stereocenters. The number of hydrogen-bond donors (Lipinski definition) is 0. The van der Waals surface area contributed by atoms with Gasteiger partial charge < -0.3 is 0 Å². The second-order valence-corrected chi connectivity index (χ2v) is 6.04. The molecule has 1 saturated heterocycles. The van der Waals surface area contributed by atoms with Gasteiger partial charge in [-0.3, -0.25) is 4.90 Å². The van der Waals surface area contributed by atoms with Crippen molar-refractivity contribution in [3.63, 3.8) is 0 Å². The van der Waals surface area contributed by atoms with E-state index in [1.54, 1.807) is 6.07 Å². The van der Waals surface area contributed by atoms with Crippen molar-refractivity contribution in [2.24, 2.45) is 5.92 Å². The van der Waals surface area contributed by atoms with E-state index < -0.39 is 0 Å². The summed E-state index contributed by atoms with van der Waals surface area (Å²) in [7, 11) is 0. The summed E-state index contributed by atoms with van der Waals surface area (Å²) < 4.78 is 13.2. The van der Waals surface area contributed by atoms with Crippen LogP contribution in [0.4, 0.5) is 4.39 Å². The zero-order valence-corrected chi connectivity index (χ0v) is 12.3. The first kappa shape index (κ1) is 14.3. The van der Waals surface area contributed by atoms with Crippen LogP contribution in [-0.4, -0.2) is 18.0 Å². The molecule has 21 heavy (non-hydrogen) atoms. The first-order valence-corrected chi connectivity index (χ1v) is 7.80. The summed E-state index contributed by atoms with van der Waals surface area (Å²) in [4.78, 5) is 2.53. The van der Waals surface area contributed by atoms with Crippen LogP contribution in [0, 0.1) is 11.7 Å². The fourth-order valence-electron chi connectivity index (χ4n) is 3.19. The molecule has 2 aromatic rings. The average molecular weight is 283 g/mol. The Balaban J connectivity index is 1.49. The number of rotatable bonds is 4. The molecule has 110 valence electrons. The van der Waals surface area contributed by atoms with Crippen LogP contribution < -0.4 is 0 Å². The van der Waals surface area contributed by atoms with E-state index in [0.29, 0.717) is 5.92 Å². The SMILES string of the molecule is Fc1cccc(CC2CCN(Cc3ccccc3)CC2)c1. The third-order valence-corrected chi connectivity index (χ3v) is 4.37. The summed E-state index contributed by atoms with van der Waals surface area (Å²) in [6.45, 7) is 3.34. The van der Waals surface area contributed by atoms with Crippen LogP contribution in [-0.2, 0) is 13.0 Å². The van der Waals surface area contributed by atoms with Gasteiger partial charge in [-0.05, 0) is 61.5 Å². The molecule has 0 radical (unpaired) electrons. The predicted octanol–water partition coefficient (Wildman–Crippen LogP) is 4.28. The van der Waals surface area contributed by atoms with Crippen molar-refractivity contribution in [1.82, 2.24) is 4.90 Å². The van der Waals surface area contributed by atoms with Crippen LogP contribution >= 0.6 is 0 Å². The highest BCUT2D eigenvalue weighted by molar-refractivity contribution is 5.17. The number of piperidine rings is 1. The van der Waals surface area contributed by atoms with E-state index in [1.807, 2.05) is 12.1 Å². The third-order valence-electron chi connectivity index (χ3n) is 4.37. The van der Waals surface area contributed by atoms with Gasteiger partial charge in [0.1, 0.15) is 5.82 Å². The Labute approximate surface area is 126 Å². The van der Waals surface area contributed by atoms with Gasteiger partial charge in [0.15, 0.2) is 0 Å². The molecule has 0 amide bonds. The largest absolute Gasteiger partial charge is 0.299 e. The summed E-state index contributed by atoms with van der Waals surface area (Å²) in [5, 5.41) is 0. The lowest BCUT2D eigenvalue weighted by Gasteiger charge is -2.32. The van der Waals surface area contributed by atoms with E-state index in [2.05, 4.69) is 35.2 Å². The minimum Gasteiger partial charge on any atom is -0.299 e. The minimum atomic E-state index is -0.117. The highest BCUT2D eigenvalue weighted by atomic mass is 19.1. The smallest absolute Gasteiger partial charge is 0.123 e. The Hall–Kier alpha value is -1.67. The lowest BCUT2D eigenvalue weighted by molar-refractivity contribution is 0.177. The molecular weight excluding hydrogens is 261 g/mol. The summed E-state index contributed by atoms with van der Waals surface area (Å²) >= 11 is 0. The predicted molar refractivity (Wildman–Crippen MR) is 84.5 cm³/mol. The number of hydrogen-bond acceptors (Lipinski definition) is 1. The van der Waals surface area contributed by atoms with E-state index in [1.165, 1.54) is 24.5 Å². The average Bonchev–Trinajstić information content (AvgIpc) is 2.50. The van der Waals surface area contributed by atoms with E-state index in [-0.39, 0.29) is 5.82 Å². The summed E-state index contributed by atoms with van der Waals surface area (Å²) in [6, 6.07) is 17.7. The van der Waals surface area contributed by atoms with E-state index in [0.717, 1.165) is 31.6 Å². The Morgan fingerprint density at radius 2 is 1.62 bits per heavy atom. The monoisotopic (exact) mass is 283 g/mol. The molecular formula is C19H22FN. The molecule has 3 rings (SSSR count). The molecule has 1 aliphatic rings. The standard InChI is InChI=1S/C19H22FN/c20-19-8-4-7-18(14-19)13-16-9-11-21(12-10-16)15-17-5-2-1-3-6-17/h1-8,14,16H,9-13,15H2.